The van der Waals surface area contributed by atoms with Crippen molar-refractivity contribution in [3.63, 3.8) is 0 Å². The van der Waals surface area contributed by atoms with Gasteiger partial charge >= 0.3 is 0 Å². The van der Waals surface area contributed by atoms with E-state index in [1.54, 1.807) is 13.0 Å². The lowest BCUT2D eigenvalue weighted by atomic mass is 9.86. The number of nitrogens with one attached hydrogen (secondary N) is 2. The van der Waals surface area contributed by atoms with Crippen LogP contribution in [0.3, 0.4) is 0 Å². The lowest BCUT2D eigenvalue weighted by molar-refractivity contribution is -0.137. The third kappa shape index (κ3) is 5.05. The van der Waals surface area contributed by atoms with Crippen LogP contribution in [0.2, 0.25) is 0 Å². The first-order chi connectivity index (χ1) is 15.5. The summed E-state index contributed by atoms with van der Waals surface area (Å²) in [5.41, 5.74) is 2.81. The van der Waals surface area contributed by atoms with Crippen LogP contribution in [0.25, 0.3) is 6.08 Å². The smallest absolute Gasteiger partial charge is 0.263 e. The van der Waals surface area contributed by atoms with Gasteiger partial charge in [-0.1, -0.05) is 6.07 Å². The van der Waals surface area contributed by atoms with Gasteiger partial charge in [0.1, 0.15) is 11.5 Å². The van der Waals surface area contributed by atoms with Crippen molar-refractivity contribution in [1.29, 1.82) is 0 Å². The van der Waals surface area contributed by atoms with Crippen molar-refractivity contribution in [2.75, 3.05) is 13.1 Å². The van der Waals surface area contributed by atoms with E-state index in [-0.39, 0.29) is 42.2 Å². The van der Waals surface area contributed by atoms with Crippen molar-refractivity contribution in [3.05, 3.63) is 52.1 Å². The molecule has 33 heavy (non-hydrogen) atoms. The summed E-state index contributed by atoms with van der Waals surface area (Å²) >= 11 is 0. The number of carbonyl (C=O) groups excluding carboxylic acids is 2. The average Bonchev–Trinajstić information content (AvgIpc) is 2.79. The topological polar surface area (TPSA) is 128 Å². The van der Waals surface area contributed by atoms with Gasteiger partial charge in [0.05, 0.1) is 0 Å². The highest BCUT2D eigenvalue weighted by molar-refractivity contribution is 5.92. The van der Waals surface area contributed by atoms with E-state index in [0.717, 1.165) is 22.3 Å². The third-order valence-electron chi connectivity index (χ3n) is 6.14. The largest absolute Gasteiger partial charge is 0.507 e. The zero-order valence-electron chi connectivity index (χ0n) is 19.3. The molecule has 176 valence electrons. The van der Waals surface area contributed by atoms with Crippen LogP contribution in [-0.4, -0.2) is 45.8 Å². The first-order valence-electron chi connectivity index (χ1n) is 10.8. The highest BCUT2D eigenvalue weighted by Crippen LogP contribution is 2.43. The summed E-state index contributed by atoms with van der Waals surface area (Å²) in [5.74, 6) is -0.184. The fraction of sp³-hybridized carbons (Fsp3) is 0.360. The summed E-state index contributed by atoms with van der Waals surface area (Å²) in [6.45, 7) is 7.77. The molecule has 1 atom stereocenters. The second kappa shape index (κ2) is 9.44. The van der Waals surface area contributed by atoms with Crippen LogP contribution < -0.4 is 15.4 Å². The molecule has 2 amide bonds. The fourth-order valence-electron chi connectivity index (χ4n) is 3.83. The molecule has 0 aliphatic carbocycles. The predicted octanol–water partition coefficient (Wildman–Crippen LogP) is 2.76. The highest BCUT2D eigenvalue weighted by Gasteiger charge is 2.40. The Hall–Kier alpha value is -3.68. The fourth-order valence-corrected chi connectivity index (χ4v) is 3.83. The third-order valence-corrected chi connectivity index (χ3v) is 6.14. The van der Waals surface area contributed by atoms with Crippen LogP contribution in [0.5, 0.6) is 23.0 Å². The maximum Gasteiger partial charge on any atom is 0.263 e. The number of fused-ring (bicyclic) bond motifs is 1. The van der Waals surface area contributed by atoms with Crippen molar-refractivity contribution >= 4 is 17.9 Å². The van der Waals surface area contributed by atoms with Crippen molar-refractivity contribution in [3.8, 4) is 23.0 Å². The van der Waals surface area contributed by atoms with Crippen molar-refractivity contribution < 1.29 is 29.6 Å². The SMILES string of the molecule is Cc1c(C)c2c(c(C)c1O)CCC(C)(C(=O)NCCNC(=O)/C=C/c1ccc(O)c(O)c1)O2. The molecule has 1 heterocycles. The first kappa shape index (κ1) is 24.0. The Morgan fingerprint density at radius 1 is 1.03 bits per heavy atom. The number of hydrogen-bond donors (Lipinski definition) is 5. The molecule has 0 fully saturated rings. The van der Waals surface area contributed by atoms with Gasteiger partial charge in [0, 0.05) is 31.1 Å². The van der Waals surface area contributed by atoms with E-state index in [2.05, 4.69) is 10.6 Å². The van der Waals surface area contributed by atoms with E-state index < -0.39 is 5.60 Å². The number of carbonyl (C=O) groups is 2. The van der Waals surface area contributed by atoms with Crippen LogP contribution in [0.4, 0.5) is 0 Å². The predicted molar refractivity (Wildman–Crippen MR) is 124 cm³/mol. The molecule has 0 bridgehead atoms. The number of phenols is 3. The second-order valence-electron chi connectivity index (χ2n) is 8.49. The van der Waals surface area contributed by atoms with Crippen molar-refractivity contribution in [1.82, 2.24) is 10.6 Å². The summed E-state index contributed by atoms with van der Waals surface area (Å²) in [5, 5.41) is 34.6. The van der Waals surface area contributed by atoms with Crippen LogP contribution in [0.15, 0.2) is 24.3 Å². The van der Waals surface area contributed by atoms with E-state index in [0.29, 0.717) is 24.2 Å². The monoisotopic (exact) mass is 454 g/mol. The normalized spacial score (nSPS) is 17.3. The van der Waals surface area contributed by atoms with Gasteiger partial charge in [0.2, 0.25) is 5.91 Å². The summed E-state index contributed by atoms with van der Waals surface area (Å²) in [7, 11) is 0. The zero-order valence-corrected chi connectivity index (χ0v) is 19.3. The Morgan fingerprint density at radius 3 is 2.42 bits per heavy atom. The van der Waals surface area contributed by atoms with Crippen LogP contribution in [0.1, 0.15) is 41.2 Å². The Balaban J connectivity index is 1.52. The molecule has 5 N–H and O–H groups in total. The average molecular weight is 455 g/mol. The molecule has 8 heteroatoms. The van der Waals surface area contributed by atoms with Gasteiger partial charge in [-0.25, -0.2) is 0 Å². The second-order valence-corrected chi connectivity index (χ2v) is 8.49. The van der Waals surface area contributed by atoms with Gasteiger partial charge in [-0.3, -0.25) is 9.59 Å². The van der Waals surface area contributed by atoms with Crippen LogP contribution in [0, 0.1) is 20.8 Å². The molecule has 0 spiro atoms. The first-order valence-corrected chi connectivity index (χ1v) is 10.8. The number of rotatable bonds is 6. The van der Waals surface area contributed by atoms with Gasteiger partial charge < -0.3 is 30.7 Å². The quantitative estimate of drug-likeness (QED) is 0.259. The zero-order chi connectivity index (χ0) is 24.3. The number of ether oxygens (including phenoxy) is 1. The maximum absolute atomic E-state index is 12.8. The summed E-state index contributed by atoms with van der Waals surface area (Å²) in [6, 6.07) is 4.24. The maximum atomic E-state index is 12.8. The number of hydrogen-bond acceptors (Lipinski definition) is 6. The van der Waals surface area contributed by atoms with Crippen LogP contribution in [-0.2, 0) is 16.0 Å². The van der Waals surface area contributed by atoms with E-state index in [4.69, 9.17) is 4.74 Å². The Morgan fingerprint density at radius 2 is 1.73 bits per heavy atom. The summed E-state index contributed by atoms with van der Waals surface area (Å²) < 4.78 is 6.15. The summed E-state index contributed by atoms with van der Waals surface area (Å²) in [4.78, 5) is 24.8. The van der Waals surface area contributed by atoms with Gasteiger partial charge in [-0.15, -0.1) is 0 Å². The van der Waals surface area contributed by atoms with E-state index in [1.807, 2.05) is 20.8 Å². The molecule has 0 aromatic heterocycles. The molecule has 1 unspecified atom stereocenters. The van der Waals surface area contributed by atoms with E-state index >= 15 is 0 Å². The molecular formula is C25H30N2O6. The minimum Gasteiger partial charge on any atom is -0.507 e. The Labute approximate surface area is 192 Å². The molecule has 2 aromatic rings. The van der Waals surface area contributed by atoms with Crippen LogP contribution >= 0.6 is 0 Å². The molecular weight excluding hydrogens is 424 g/mol. The molecule has 2 aromatic carbocycles. The molecule has 3 rings (SSSR count). The van der Waals surface area contributed by atoms with E-state index in [9.17, 15) is 24.9 Å². The molecule has 1 aliphatic heterocycles. The van der Waals surface area contributed by atoms with E-state index in [1.165, 1.54) is 24.3 Å². The van der Waals surface area contributed by atoms with Gasteiger partial charge in [0.15, 0.2) is 17.1 Å². The lowest BCUT2D eigenvalue weighted by Crippen LogP contribution is -2.52. The van der Waals surface area contributed by atoms with Crippen molar-refractivity contribution in [2.45, 2.75) is 46.1 Å². The van der Waals surface area contributed by atoms with Gasteiger partial charge in [0.25, 0.3) is 5.91 Å². The minimum atomic E-state index is -1.04. The molecule has 0 radical (unpaired) electrons. The number of aromatic hydroxyl groups is 3. The molecule has 0 saturated heterocycles. The Kier molecular flexibility index (Phi) is 6.86. The standard InChI is InChI=1S/C25H30N2O6/c1-14-15(2)23-18(16(3)22(14)31)9-10-25(4,33-23)24(32)27-12-11-26-21(30)8-6-17-5-7-19(28)20(29)13-17/h5-8,13,28-29,31H,9-12H2,1-4H3,(H,26,30)(H,27,32)/b8-6+. The van der Waals surface area contributed by atoms with Gasteiger partial charge in [-0.05, 0) is 74.6 Å². The van der Waals surface area contributed by atoms with Gasteiger partial charge in [-0.2, -0.15) is 0 Å². The molecule has 1 aliphatic rings. The van der Waals surface area contributed by atoms with Crippen molar-refractivity contribution in [2.24, 2.45) is 0 Å². The number of amides is 2. The molecule has 0 saturated carbocycles. The highest BCUT2D eigenvalue weighted by atomic mass is 16.5. The number of phenolic OH excluding ortho intramolecular Hbond substituents is 3. The molecule has 8 nitrogen and oxygen atoms in total. The summed E-state index contributed by atoms with van der Waals surface area (Å²) in [6.07, 6.45) is 3.90. The minimum absolute atomic E-state index is 0.230. The number of benzene rings is 2. The Bertz CT molecular complexity index is 1120. The lowest BCUT2D eigenvalue weighted by Gasteiger charge is -2.36.